The number of aromatic nitrogens is 1. The zero-order valence-electron chi connectivity index (χ0n) is 12.5. The molecule has 0 radical (unpaired) electrons. The Labute approximate surface area is 122 Å². The third kappa shape index (κ3) is 3.57. The normalized spacial score (nSPS) is 26.1. The number of hydrogen-bond donors (Lipinski definition) is 0. The van der Waals surface area contributed by atoms with E-state index in [-0.39, 0.29) is 0 Å². The first-order chi connectivity index (χ1) is 9.81. The van der Waals surface area contributed by atoms with Crippen LogP contribution < -0.4 is 0 Å². The summed E-state index contributed by atoms with van der Waals surface area (Å²) in [5, 5.41) is 0. The van der Waals surface area contributed by atoms with E-state index in [0.29, 0.717) is 0 Å². The third-order valence-electron chi connectivity index (χ3n) is 4.76. The largest absolute Gasteiger partial charge is 0.302 e. The zero-order chi connectivity index (χ0) is 13.8. The Hall–Kier alpha value is -0.970. The molecule has 3 rings (SSSR count). The summed E-state index contributed by atoms with van der Waals surface area (Å²) in [6.45, 7) is 8.44. The molecule has 0 N–H and O–H groups in total. The molecule has 2 saturated heterocycles. The maximum absolute atomic E-state index is 4.08. The highest BCUT2D eigenvalue weighted by Gasteiger charge is 2.25. The Morgan fingerprint density at radius 3 is 2.40 bits per heavy atom. The molecule has 2 fully saturated rings. The van der Waals surface area contributed by atoms with Crippen molar-refractivity contribution in [1.82, 2.24) is 19.7 Å². The summed E-state index contributed by atoms with van der Waals surface area (Å²) >= 11 is 0. The topological polar surface area (TPSA) is 22.6 Å². The minimum atomic E-state index is 0.793. The van der Waals surface area contributed by atoms with Gasteiger partial charge in [-0.25, -0.2) is 0 Å². The highest BCUT2D eigenvalue weighted by Crippen LogP contribution is 2.17. The van der Waals surface area contributed by atoms with Crippen LogP contribution in [0.2, 0.25) is 0 Å². The maximum atomic E-state index is 4.08. The zero-order valence-corrected chi connectivity index (χ0v) is 12.5. The summed E-state index contributed by atoms with van der Waals surface area (Å²) < 4.78 is 0. The van der Waals surface area contributed by atoms with Gasteiger partial charge in [0.1, 0.15) is 0 Å². The molecule has 2 aliphatic rings. The molecule has 0 aliphatic carbocycles. The summed E-state index contributed by atoms with van der Waals surface area (Å²) in [7, 11) is 2.28. The number of hydrogen-bond acceptors (Lipinski definition) is 4. The third-order valence-corrected chi connectivity index (χ3v) is 4.76. The highest BCUT2D eigenvalue weighted by atomic mass is 15.3. The smallest absolute Gasteiger partial charge is 0.0271 e. The van der Waals surface area contributed by atoms with E-state index in [2.05, 4.69) is 38.9 Å². The van der Waals surface area contributed by atoms with E-state index >= 15 is 0 Å². The predicted octanol–water partition coefficient (Wildman–Crippen LogP) is 1.29. The number of nitrogens with zero attached hydrogens (tertiary/aromatic N) is 4. The average molecular weight is 274 g/mol. The van der Waals surface area contributed by atoms with Gasteiger partial charge in [-0.2, -0.15) is 0 Å². The van der Waals surface area contributed by atoms with Gasteiger partial charge in [0.05, 0.1) is 0 Å². The maximum Gasteiger partial charge on any atom is 0.0271 e. The lowest BCUT2D eigenvalue weighted by molar-refractivity contribution is 0.105. The quantitative estimate of drug-likeness (QED) is 0.825. The van der Waals surface area contributed by atoms with Crippen LogP contribution in [0.15, 0.2) is 24.5 Å². The van der Waals surface area contributed by atoms with Crippen molar-refractivity contribution in [2.75, 3.05) is 46.3 Å². The Morgan fingerprint density at radius 2 is 1.75 bits per heavy atom. The van der Waals surface area contributed by atoms with Crippen molar-refractivity contribution >= 4 is 0 Å². The fraction of sp³-hybridized carbons (Fsp3) is 0.688. The fourth-order valence-corrected chi connectivity index (χ4v) is 3.38. The number of likely N-dealkylation sites (tertiary alicyclic amines) is 1. The van der Waals surface area contributed by atoms with E-state index < -0.39 is 0 Å². The monoisotopic (exact) mass is 274 g/mol. The number of likely N-dealkylation sites (N-methyl/N-ethyl adjacent to an activating group) is 1. The van der Waals surface area contributed by atoms with E-state index in [1.165, 1.54) is 57.7 Å². The van der Waals surface area contributed by atoms with Crippen LogP contribution in [-0.4, -0.2) is 72.0 Å². The van der Waals surface area contributed by atoms with Crippen LogP contribution in [-0.2, 0) is 6.54 Å². The SMILES string of the molecule is CN1CCC[C@H]1CN1CCN(Cc2ccncc2)CC1. The van der Waals surface area contributed by atoms with Gasteiger partial charge >= 0.3 is 0 Å². The fourth-order valence-electron chi connectivity index (χ4n) is 3.38. The summed E-state index contributed by atoms with van der Waals surface area (Å²) in [4.78, 5) is 11.8. The van der Waals surface area contributed by atoms with Gasteiger partial charge in [-0.1, -0.05) is 0 Å². The molecular formula is C16H26N4. The molecule has 110 valence electrons. The highest BCUT2D eigenvalue weighted by molar-refractivity contribution is 5.09. The second-order valence-electron chi connectivity index (χ2n) is 6.21. The first kappa shape index (κ1) is 14.0. The molecule has 1 aromatic rings. The van der Waals surface area contributed by atoms with Crippen LogP contribution in [0, 0.1) is 0 Å². The van der Waals surface area contributed by atoms with Gasteiger partial charge in [0.15, 0.2) is 0 Å². The van der Waals surface area contributed by atoms with Crippen molar-refractivity contribution in [2.45, 2.75) is 25.4 Å². The van der Waals surface area contributed by atoms with Crippen LogP contribution in [0.3, 0.4) is 0 Å². The van der Waals surface area contributed by atoms with Crippen molar-refractivity contribution in [2.24, 2.45) is 0 Å². The van der Waals surface area contributed by atoms with Gasteiger partial charge in [0.25, 0.3) is 0 Å². The van der Waals surface area contributed by atoms with Crippen molar-refractivity contribution in [3.8, 4) is 0 Å². The Morgan fingerprint density at radius 1 is 1.05 bits per heavy atom. The molecule has 4 heteroatoms. The summed E-state index contributed by atoms with van der Waals surface area (Å²) in [5.74, 6) is 0. The van der Waals surface area contributed by atoms with Crippen molar-refractivity contribution in [1.29, 1.82) is 0 Å². The molecule has 0 aromatic carbocycles. The van der Waals surface area contributed by atoms with E-state index in [0.717, 1.165) is 12.6 Å². The van der Waals surface area contributed by atoms with Crippen LogP contribution in [0.4, 0.5) is 0 Å². The van der Waals surface area contributed by atoms with E-state index in [1.807, 2.05) is 12.4 Å². The van der Waals surface area contributed by atoms with Gasteiger partial charge in [-0.3, -0.25) is 14.8 Å². The summed E-state index contributed by atoms with van der Waals surface area (Å²) in [6, 6.07) is 5.04. The van der Waals surface area contributed by atoms with Gasteiger partial charge in [-0.15, -0.1) is 0 Å². The summed E-state index contributed by atoms with van der Waals surface area (Å²) in [5.41, 5.74) is 1.38. The van der Waals surface area contributed by atoms with Crippen molar-refractivity contribution in [3.63, 3.8) is 0 Å². The average Bonchev–Trinajstić information content (AvgIpc) is 2.88. The molecule has 0 spiro atoms. The van der Waals surface area contributed by atoms with Crippen LogP contribution >= 0.6 is 0 Å². The molecule has 0 amide bonds. The number of rotatable bonds is 4. The molecule has 2 aliphatic heterocycles. The second-order valence-corrected chi connectivity index (χ2v) is 6.21. The minimum absolute atomic E-state index is 0.793. The first-order valence-electron chi connectivity index (χ1n) is 7.85. The molecule has 3 heterocycles. The molecule has 20 heavy (non-hydrogen) atoms. The molecule has 1 atom stereocenters. The molecule has 1 aromatic heterocycles. The molecule has 0 unspecified atom stereocenters. The second kappa shape index (κ2) is 6.66. The first-order valence-corrected chi connectivity index (χ1v) is 7.85. The van der Waals surface area contributed by atoms with Crippen LogP contribution in [0.5, 0.6) is 0 Å². The Kier molecular flexibility index (Phi) is 4.65. The summed E-state index contributed by atoms with van der Waals surface area (Å²) in [6.07, 6.45) is 6.54. The number of piperazine rings is 1. The van der Waals surface area contributed by atoms with E-state index in [9.17, 15) is 0 Å². The van der Waals surface area contributed by atoms with Gasteiger partial charge < -0.3 is 4.90 Å². The lowest BCUT2D eigenvalue weighted by Crippen LogP contribution is -2.49. The molecule has 0 bridgehead atoms. The van der Waals surface area contributed by atoms with Crippen LogP contribution in [0.1, 0.15) is 18.4 Å². The Bertz CT molecular complexity index is 400. The lowest BCUT2D eigenvalue weighted by atomic mass is 10.2. The molecule has 4 nitrogen and oxygen atoms in total. The molecule has 0 saturated carbocycles. The van der Waals surface area contributed by atoms with Gasteiger partial charge in [0.2, 0.25) is 0 Å². The lowest BCUT2D eigenvalue weighted by Gasteiger charge is -2.37. The van der Waals surface area contributed by atoms with Crippen molar-refractivity contribution in [3.05, 3.63) is 30.1 Å². The van der Waals surface area contributed by atoms with Crippen LogP contribution in [0.25, 0.3) is 0 Å². The van der Waals surface area contributed by atoms with Crippen molar-refractivity contribution < 1.29 is 0 Å². The van der Waals surface area contributed by atoms with E-state index in [1.54, 1.807) is 0 Å². The standard InChI is InChI=1S/C16H26N4/c1-18-8-2-3-16(18)14-20-11-9-19(10-12-20)13-15-4-6-17-7-5-15/h4-7,16H,2-3,8-14H2,1H3/t16-/m0/s1. The molecular weight excluding hydrogens is 248 g/mol. The van der Waals surface area contributed by atoms with E-state index in [4.69, 9.17) is 0 Å². The van der Waals surface area contributed by atoms with Gasteiger partial charge in [0, 0.05) is 57.7 Å². The van der Waals surface area contributed by atoms with Gasteiger partial charge in [-0.05, 0) is 44.1 Å². The predicted molar refractivity (Wildman–Crippen MR) is 81.6 cm³/mol. The Balaban J connectivity index is 1.43. The number of pyridine rings is 1. The minimum Gasteiger partial charge on any atom is -0.302 e.